The van der Waals surface area contributed by atoms with E-state index in [2.05, 4.69) is 15.5 Å². The minimum absolute atomic E-state index is 0.115. The summed E-state index contributed by atoms with van der Waals surface area (Å²) in [5.41, 5.74) is 1.33. The summed E-state index contributed by atoms with van der Waals surface area (Å²) in [6.45, 7) is 3.72. The second-order valence-corrected chi connectivity index (χ2v) is 5.95. The lowest BCUT2D eigenvalue weighted by molar-refractivity contribution is 0.0934. The number of aromatic nitrogens is 2. The molecule has 0 fully saturated rings. The molecule has 0 saturated heterocycles. The van der Waals surface area contributed by atoms with Gasteiger partial charge in [-0.1, -0.05) is 35.5 Å². The molecule has 1 heterocycles. The average Bonchev–Trinajstić information content (AvgIpc) is 3.11. The third-order valence-electron chi connectivity index (χ3n) is 4.01. The summed E-state index contributed by atoms with van der Waals surface area (Å²) in [6, 6.07) is 14.4. The van der Waals surface area contributed by atoms with Crippen LogP contribution in [0.25, 0.3) is 0 Å². The summed E-state index contributed by atoms with van der Waals surface area (Å²) in [4.78, 5) is 16.9. The second kappa shape index (κ2) is 8.35. The molecule has 0 bridgehead atoms. The van der Waals surface area contributed by atoms with Gasteiger partial charge in [-0.25, -0.2) is 0 Å². The molecule has 0 spiro atoms. The van der Waals surface area contributed by atoms with Crippen LogP contribution in [0.3, 0.4) is 0 Å². The Morgan fingerprint density at radius 2 is 1.85 bits per heavy atom. The van der Waals surface area contributed by atoms with E-state index in [1.165, 1.54) is 0 Å². The van der Waals surface area contributed by atoms with E-state index in [0.717, 1.165) is 11.3 Å². The van der Waals surface area contributed by atoms with Crippen molar-refractivity contribution in [3.8, 4) is 11.5 Å². The summed E-state index contributed by atoms with van der Waals surface area (Å²) in [7, 11) is 1.61. The van der Waals surface area contributed by atoms with E-state index in [0.29, 0.717) is 23.0 Å². The molecule has 7 nitrogen and oxygen atoms in total. The van der Waals surface area contributed by atoms with Crippen molar-refractivity contribution in [1.82, 2.24) is 15.5 Å². The van der Waals surface area contributed by atoms with Crippen molar-refractivity contribution in [2.24, 2.45) is 0 Å². The smallest absolute Gasteiger partial charge is 0.255 e. The molecule has 1 unspecified atom stereocenters. The first-order valence-electron chi connectivity index (χ1n) is 8.53. The van der Waals surface area contributed by atoms with Crippen LogP contribution < -0.4 is 14.8 Å². The van der Waals surface area contributed by atoms with Gasteiger partial charge in [0.15, 0.2) is 6.61 Å². The van der Waals surface area contributed by atoms with Crippen molar-refractivity contribution >= 4 is 5.91 Å². The number of aryl methyl sites for hydroxylation is 1. The van der Waals surface area contributed by atoms with Gasteiger partial charge >= 0.3 is 0 Å². The van der Waals surface area contributed by atoms with Gasteiger partial charge in [0.2, 0.25) is 11.7 Å². The number of hydrogen-bond acceptors (Lipinski definition) is 6. The molecule has 0 aliphatic rings. The zero-order valence-corrected chi connectivity index (χ0v) is 15.4. The van der Waals surface area contributed by atoms with Crippen LogP contribution in [0.15, 0.2) is 53.1 Å². The first-order chi connectivity index (χ1) is 13.1. The maximum absolute atomic E-state index is 12.8. The predicted octanol–water partition coefficient (Wildman–Crippen LogP) is 3.46. The molecule has 0 radical (unpaired) electrons. The van der Waals surface area contributed by atoms with E-state index in [9.17, 15) is 4.79 Å². The van der Waals surface area contributed by atoms with Crippen LogP contribution in [-0.2, 0) is 6.61 Å². The molecule has 0 aliphatic carbocycles. The van der Waals surface area contributed by atoms with E-state index >= 15 is 0 Å². The third kappa shape index (κ3) is 4.44. The molecule has 3 rings (SSSR count). The highest BCUT2D eigenvalue weighted by atomic mass is 16.5. The topological polar surface area (TPSA) is 86.5 Å². The number of methoxy groups -OCH3 is 1. The SMILES string of the molecule is COc1ccccc1C(C)NC(=O)c1ccccc1OCc1noc(C)n1. The molecule has 1 atom stereocenters. The monoisotopic (exact) mass is 367 g/mol. The van der Waals surface area contributed by atoms with Crippen LogP contribution in [0, 0.1) is 6.92 Å². The van der Waals surface area contributed by atoms with Crippen LogP contribution in [0.1, 0.15) is 40.6 Å². The van der Waals surface area contributed by atoms with Gasteiger partial charge in [0, 0.05) is 12.5 Å². The molecule has 7 heteroatoms. The number of para-hydroxylation sites is 2. The molecule has 1 aromatic heterocycles. The van der Waals surface area contributed by atoms with E-state index in [1.54, 1.807) is 38.3 Å². The van der Waals surface area contributed by atoms with Crippen LogP contribution in [-0.4, -0.2) is 23.2 Å². The zero-order valence-electron chi connectivity index (χ0n) is 15.4. The fraction of sp³-hybridized carbons (Fsp3) is 0.250. The number of nitrogens with one attached hydrogen (secondary N) is 1. The minimum Gasteiger partial charge on any atom is -0.496 e. The largest absolute Gasteiger partial charge is 0.496 e. The van der Waals surface area contributed by atoms with E-state index < -0.39 is 0 Å². The highest BCUT2D eigenvalue weighted by Gasteiger charge is 2.18. The standard InChI is InChI=1S/C20H21N3O4/c1-13(15-8-4-6-10-17(15)25-3)21-20(24)16-9-5-7-11-18(16)26-12-19-22-14(2)27-23-19/h4-11,13H,12H2,1-3H3,(H,21,24). The van der Waals surface area contributed by atoms with Crippen molar-refractivity contribution in [3.05, 3.63) is 71.4 Å². The molecule has 3 aromatic rings. The molecule has 1 amide bonds. The molecule has 0 saturated carbocycles. The Morgan fingerprint density at radius 1 is 1.15 bits per heavy atom. The third-order valence-corrected chi connectivity index (χ3v) is 4.01. The van der Waals surface area contributed by atoms with E-state index in [1.807, 2.05) is 31.2 Å². The Hall–Kier alpha value is -3.35. The van der Waals surface area contributed by atoms with Gasteiger partial charge in [-0.05, 0) is 25.1 Å². The normalized spacial score (nSPS) is 11.7. The lowest BCUT2D eigenvalue weighted by atomic mass is 10.1. The van der Waals surface area contributed by atoms with Crippen molar-refractivity contribution in [2.45, 2.75) is 26.5 Å². The molecule has 1 N–H and O–H groups in total. The van der Waals surface area contributed by atoms with Crippen LogP contribution in [0.4, 0.5) is 0 Å². The number of benzene rings is 2. The van der Waals surface area contributed by atoms with Crippen molar-refractivity contribution in [2.75, 3.05) is 7.11 Å². The molecule has 140 valence electrons. The molecular weight excluding hydrogens is 346 g/mol. The number of amides is 1. The Bertz CT molecular complexity index is 923. The van der Waals surface area contributed by atoms with Crippen molar-refractivity contribution < 1.29 is 18.8 Å². The summed E-state index contributed by atoms with van der Waals surface area (Å²) in [5.74, 6) is 1.82. The van der Waals surface area contributed by atoms with Gasteiger partial charge in [-0.2, -0.15) is 4.98 Å². The summed E-state index contributed by atoms with van der Waals surface area (Å²) in [6.07, 6.45) is 0. The first kappa shape index (κ1) is 18.4. The highest BCUT2D eigenvalue weighted by Crippen LogP contribution is 2.26. The van der Waals surface area contributed by atoms with Crippen molar-refractivity contribution in [3.63, 3.8) is 0 Å². The average molecular weight is 367 g/mol. The first-order valence-corrected chi connectivity index (χ1v) is 8.53. The highest BCUT2D eigenvalue weighted by molar-refractivity contribution is 5.97. The number of hydrogen-bond donors (Lipinski definition) is 1. The van der Waals surface area contributed by atoms with Crippen LogP contribution in [0.5, 0.6) is 11.5 Å². The Balaban J connectivity index is 1.72. The Morgan fingerprint density at radius 3 is 2.56 bits per heavy atom. The van der Waals surface area contributed by atoms with Crippen molar-refractivity contribution in [1.29, 1.82) is 0 Å². The number of carbonyl (C=O) groups is 1. The second-order valence-electron chi connectivity index (χ2n) is 5.95. The lowest BCUT2D eigenvalue weighted by Crippen LogP contribution is -2.27. The molecule has 0 aliphatic heterocycles. The maximum Gasteiger partial charge on any atom is 0.255 e. The number of carbonyl (C=O) groups excluding carboxylic acids is 1. The van der Waals surface area contributed by atoms with Crippen LogP contribution in [0.2, 0.25) is 0 Å². The summed E-state index contributed by atoms with van der Waals surface area (Å²) >= 11 is 0. The van der Waals surface area contributed by atoms with Gasteiger partial charge in [-0.15, -0.1) is 0 Å². The Labute approximate surface area is 157 Å². The predicted molar refractivity (Wildman–Crippen MR) is 98.7 cm³/mol. The summed E-state index contributed by atoms with van der Waals surface area (Å²) in [5, 5.41) is 6.77. The van der Waals surface area contributed by atoms with Gasteiger partial charge in [0.1, 0.15) is 11.5 Å². The summed E-state index contributed by atoms with van der Waals surface area (Å²) < 4.78 is 16.0. The van der Waals surface area contributed by atoms with Gasteiger partial charge in [0.05, 0.1) is 18.7 Å². The molecule has 2 aromatic carbocycles. The van der Waals surface area contributed by atoms with E-state index in [-0.39, 0.29) is 18.6 Å². The quantitative estimate of drug-likeness (QED) is 0.688. The van der Waals surface area contributed by atoms with Gasteiger partial charge < -0.3 is 19.3 Å². The Kier molecular flexibility index (Phi) is 5.71. The minimum atomic E-state index is -0.242. The fourth-order valence-electron chi connectivity index (χ4n) is 2.70. The maximum atomic E-state index is 12.8. The van der Waals surface area contributed by atoms with E-state index in [4.69, 9.17) is 14.0 Å². The zero-order chi connectivity index (χ0) is 19.2. The van der Waals surface area contributed by atoms with Gasteiger partial charge in [-0.3, -0.25) is 4.79 Å². The van der Waals surface area contributed by atoms with Gasteiger partial charge in [0.25, 0.3) is 5.91 Å². The lowest BCUT2D eigenvalue weighted by Gasteiger charge is -2.18. The fourth-order valence-corrected chi connectivity index (χ4v) is 2.70. The van der Waals surface area contributed by atoms with Crippen LogP contribution >= 0.6 is 0 Å². The number of ether oxygens (including phenoxy) is 2. The number of rotatable bonds is 7. The molecule has 27 heavy (non-hydrogen) atoms. The number of nitrogens with zero attached hydrogens (tertiary/aromatic N) is 2. The molecular formula is C20H21N3O4.